The van der Waals surface area contributed by atoms with Crippen LogP contribution in [0.15, 0.2) is 0 Å². The van der Waals surface area contributed by atoms with Gasteiger partial charge in [0.1, 0.15) is 0 Å². The van der Waals surface area contributed by atoms with Crippen LogP contribution in [0.4, 0.5) is 5.95 Å². The van der Waals surface area contributed by atoms with Gasteiger partial charge in [-0.25, -0.2) is 9.97 Å². The van der Waals surface area contributed by atoms with E-state index in [9.17, 15) is 5.11 Å². The molecule has 1 N–H and O–H groups in total. The molecule has 0 atom stereocenters. The van der Waals surface area contributed by atoms with Crippen LogP contribution in [-0.2, 0) is 0 Å². The highest BCUT2D eigenvalue weighted by molar-refractivity contribution is 5.37. The summed E-state index contributed by atoms with van der Waals surface area (Å²) in [5.41, 5.74) is 1.23. The Labute approximate surface area is 71.9 Å². The molecule has 1 heterocycles. The number of nitrogens with zero attached hydrogens (tertiary/aromatic N) is 3. The number of aryl methyl sites for hydroxylation is 2. The van der Waals surface area contributed by atoms with E-state index in [0.717, 1.165) is 0 Å². The van der Waals surface area contributed by atoms with Crippen molar-refractivity contribution in [1.82, 2.24) is 9.97 Å². The maximum atomic E-state index is 9.37. The van der Waals surface area contributed by atoms with Crippen molar-refractivity contribution in [2.75, 3.05) is 19.0 Å². The van der Waals surface area contributed by atoms with E-state index in [0.29, 0.717) is 17.3 Å². The molecule has 0 aliphatic rings. The number of rotatable bonds is 1. The molecule has 0 aliphatic carbocycles. The molecular weight excluding hydrogens is 154 g/mol. The van der Waals surface area contributed by atoms with Crippen molar-refractivity contribution >= 4 is 5.95 Å². The summed E-state index contributed by atoms with van der Waals surface area (Å²) in [6.07, 6.45) is 0. The average Bonchev–Trinajstić information content (AvgIpc) is 1.99. The molecule has 4 nitrogen and oxygen atoms in total. The minimum Gasteiger partial charge on any atom is -0.504 e. The molecule has 0 saturated heterocycles. The minimum absolute atomic E-state index is 0.181. The van der Waals surface area contributed by atoms with Crippen LogP contribution >= 0.6 is 0 Å². The van der Waals surface area contributed by atoms with Gasteiger partial charge in [0.05, 0.1) is 11.4 Å². The van der Waals surface area contributed by atoms with Gasteiger partial charge in [-0.3, -0.25) is 0 Å². The van der Waals surface area contributed by atoms with Gasteiger partial charge in [0.15, 0.2) is 5.75 Å². The zero-order valence-corrected chi connectivity index (χ0v) is 7.79. The maximum Gasteiger partial charge on any atom is 0.225 e. The van der Waals surface area contributed by atoms with Crippen molar-refractivity contribution in [1.29, 1.82) is 0 Å². The van der Waals surface area contributed by atoms with Crippen molar-refractivity contribution < 1.29 is 5.11 Å². The first-order valence-corrected chi connectivity index (χ1v) is 3.74. The topological polar surface area (TPSA) is 49.2 Å². The molecule has 0 fully saturated rings. The first-order valence-electron chi connectivity index (χ1n) is 3.74. The minimum atomic E-state index is 0.181. The van der Waals surface area contributed by atoms with Crippen LogP contribution in [0.3, 0.4) is 0 Å². The van der Waals surface area contributed by atoms with Crippen molar-refractivity contribution in [3.8, 4) is 5.75 Å². The molecule has 0 amide bonds. The Kier molecular flexibility index (Phi) is 2.17. The third-order valence-electron chi connectivity index (χ3n) is 1.62. The summed E-state index contributed by atoms with van der Waals surface area (Å²) in [6.45, 7) is 3.52. The first-order chi connectivity index (χ1) is 5.52. The zero-order chi connectivity index (χ0) is 9.30. The van der Waals surface area contributed by atoms with Crippen LogP contribution in [0.1, 0.15) is 11.4 Å². The van der Waals surface area contributed by atoms with Gasteiger partial charge < -0.3 is 10.0 Å². The van der Waals surface area contributed by atoms with E-state index >= 15 is 0 Å². The SMILES string of the molecule is Cc1nc(N(C)C)nc(C)c1O. The van der Waals surface area contributed by atoms with E-state index < -0.39 is 0 Å². The van der Waals surface area contributed by atoms with Crippen molar-refractivity contribution in [2.24, 2.45) is 0 Å². The van der Waals surface area contributed by atoms with Gasteiger partial charge in [-0.2, -0.15) is 0 Å². The first kappa shape index (κ1) is 8.77. The predicted octanol–water partition coefficient (Wildman–Crippen LogP) is 0.865. The Balaban J connectivity index is 3.21. The van der Waals surface area contributed by atoms with E-state index in [-0.39, 0.29) is 5.75 Å². The lowest BCUT2D eigenvalue weighted by molar-refractivity contribution is 0.459. The van der Waals surface area contributed by atoms with Crippen LogP contribution < -0.4 is 4.90 Å². The summed E-state index contributed by atoms with van der Waals surface area (Å²) in [7, 11) is 3.73. The number of hydrogen-bond acceptors (Lipinski definition) is 4. The van der Waals surface area contributed by atoms with Gasteiger partial charge in [0.2, 0.25) is 5.95 Å². The third kappa shape index (κ3) is 1.47. The Hall–Kier alpha value is -1.32. The van der Waals surface area contributed by atoms with E-state index in [1.54, 1.807) is 18.7 Å². The van der Waals surface area contributed by atoms with Gasteiger partial charge in [0.25, 0.3) is 0 Å². The number of aromatic hydroxyl groups is 1. The molecule has 1 aromatic heterocycles. The van der Waals surface area contributed by atoms with E-state index in [2.05, 4.69) is 9.97 Å². The average molecular weight is 167 g/mol. The summed E-state index contributed by atoms with van der Waals surface area (Å²) < 4.78 is 0. The molecule has 12 heavy (non-hydrogen) atoms. The fourth-order valence-electron chi connectivity index (χ4n) is 0.893. The largest absolute Gasteiger partial charge is 0.504 e. The van der Waals surface area contributed by atoms with E-state index in [1.165, 1.54) is 0 Å². The van der Waals surface area contributed by atoms with Gasteiger partial charge in [-0.05, 0) is 13.8 Å². The third-order valence-corrected chi connectivity index (χ3v) is 1.62. The molecule has 0 radical (unpaired) electrons. The summed E-state index contributed by atoms with van der Waals surface area (Å²) in [4.78, 5) is 10.0. The van der Waals surface area contributed by atoms with Crippen molar-refractivity contribution in [3.63, 3.8) is 0 Å². The Bertz CT molecular complexity index is 273. The fourth-order valence-corrected chi connectivity index (χ4v) is 0.893. The summed E-state index contributed by atoms with van der Waals surface area (Å²) in [6, 6.07) is 0. The molecular formula is C8H13N3O. The Morgan fingerprint density at radius 2 is 1.50 bits per heavy atom. The monoisotopic (exact) mass is 167 g/mol. The van der Waals surface area contributed by atoms with Crippen LogP contribution in [0.2, 0.25) is 0 Å². The molecule has 0 aromatic carbocycles. The van der Waals surface area contributed by atoms with Gasteiger partial charge in [-0.15, -0.1) is 0 Å². The highest BCUT2D eigenvalue weighted by Gasteiger charge is 2.07. The van der Waals surface area contributed by atoms with Crippen LogP contribution in [-0.4, -0.2) is 29.2 Å². The van der Waals surface area contributed by atoms with E-state index in [1.807, 2.05) is 14.1 Å². The van der Waals surface area contributed by atoms with E-state index in [4.69, 9.17) is 0 Å². The maximum absolute atomic E-state index is 9.37. The van der Waals surface area contributed by atoms with Crippen LogP contribution in [0.5, 0.6) is 5.75 Å². The number of hydrogen-bond donors (Lipinski definition) is 1. The lowest BCUT2D eigenvalue weighted by atomic mass is 10.3. The highest BCUT2D eigenvalue weighted by Crippen LogP contribution is 2.19. The van der Waals surface area contributed by atoms with Crippen LogP contribution in [0.25, 0.3) is 0 Å². The second kappa shape index (κ2) is 2.97. The van der Waals surface area contributed by atoms with Gasteiger partial charge in [0, 0.05) is 14.1 Å². The Morgan fingerprint density at radius 1 is 1.08 bits per heavy atom. The number of aromatic nitrogens is 2. The highest BCUT2D eigenvalue weighted by atomic mass is 16.3. The van der Waals surface area contributed by atoms with Gasteiger partial charge >= 0.3 is 0 Å². The molecule has 0 bridgehead atoms. The normalized spacial score (nSPS) is 10.0. The Morgan fingerprint density at radius 3 is 1.83 bits per heavy atom. The van der Waals surface area contributed by atoms with Crippen LogP contribution in [0, 0.1) is 13.8 Å². The lowest BCUT2D eigenvalue weighted by Gasteiger charge is -2.12. The molecule has 66 valence electrons. The molecule has 0 unspecified atom stereocenters. The molecule has 1 rings (SSSR count). The summed E-state index contributed by atoms with van der Waals surface area (Å²) in [5, 5.41) is 9.37. The molecule has 0 aliphatic heterocycles. The summed E-state index contributed by atoms with van der Waals surface area (Å²) in [5.74, 6) is 0.809. The smallest absolute Gasteiger partial charge is 0.225 e. The molecule has 1 aromatic rings. The molecule has 0 spiro atoms. The van der Waals surface area contributed by atoms with Crippen molar-refractivity contribution in [2.45, 2.75) is 13.8 Å². The molecule has 0 saturated carbocycles. The fraction of sp³-hybridized carbons (Fsp3) is 0.500. The van der Waals surface area contributed by atoms with Gasteiger partial charge in [-0.1, -0.05) is 0 Å². The molecule has 4 heteroatoms. The lowest BCUT2D eigenvalue weighted by Crippen LogP contribution is -2.13. The summed E-state index contributed by atoms with van der Waals surface area (Å²) >= 11 is 0. The predicted molar refractivity (Wildman–Crippen MR) is 47.5 cm³/mol. The second-order valence-electron chi connectivity index (χ2n) is 2.94. The second-order valence-corrected chi connectivity index (χ2v) is 2.94. The zero-order valence-electron chi connectivity index (χ0n) is 7.79. The number of anilines is 1. The standard InChI is InChI=1S/C8H13N3O/c1-5-7(12)6(2)10-8(9-5)11(3)4/h12H,1-4H3. The quantitative estimate of drug-likeness (QED) is 0.674. The van der Waals surface area contributed by atoms with Crippen molar-refractivity contribution in [3.05, 3.63) is 11.4 Å².